The fraction of sp³-hybridized carbons (Fsp3) is 0.222. The van der Waals surface area contributed by atoms with Gasteiger partial charge in [0.25, 0.3) is 0 Å². The average Bonchev–Trinajstić information content (AvgIpc) is 2.88. The largest absolute Gasteiger partial charge is 0.453 e. The summed E-state index contributed by atoms with van der Waals surface area (Å²) in [6.07, 6.45) is 4.94. The van der Waals surface area contributed by atoms with E-state index in [4.69, 9.17) is 21.1 Å². The number of anilines is 2. The fourth-order valence-corrected chi connectivity index (χ4v) is 5.09. The first-order valence-corrected chi connectivity index (χ1v) is 13.3. The first kappa shape index (κ1) is 24.9. The van der Waals surface area contributed by atoms with Crippen LogP contribution in [0, 0.1) is 5.82 Å². The van der Waals surface area contributed by atoms with Crippen molar-refractivity contribution in [3.05, 3.63) is 84.0 Å². The van der Waals surface area contributed by atoms with Gasteiger partial charge in [-0.2, -0.15) is 0 Å². The van der Waals surface area contributed by atoms with Gasteiger partial charge in [-0.15, -0.1) is 0 Å². The molecule has 0 amide bonds. The van der Waals surface area contributed by atoms with E-state index in [0.29, 0.717) is 39.7 Å². The lowest BCUT2D eigenvalue weighted by Crippen LogP contribution is -2.63. The van der Waals surface area contributed by atoms with Crippen molar-refractivity contribution in [3.63, 3.8) is 0 Å². The van der Waals surface area contributed by atoms with Crippen molar-refractivity contribution in [2.24, 2.45) is 0 Å². The summed E-state index contributed by atoms with van der Waals surface area (Å²) in [5, 5.41) is 4.01. The van der Waals surface area contributed by atoms with Crippen LogP contribution < -0.4 is 14.8 Å². The molecule has 194 valence electrons. The highest BCUT2D eigenvalue weighted by atomic mass is 35.5. The number of hydrogen-bond acceptors (Lipinski definition) is 9. The Balaban J connectivity index is 1.13. The number of aromatic nitrogens is 3. The van der Waals surface area contributed by atoms with Gasteiger partial charge in [0.1, 0.15) is 5.75 Å². The molecular formula is C27H24ClFN6O2S. The topological polar surface area (TPSA) is 84.4 Å². The summed E-state index contributed by atoms with van der Waals surface area (Å²) in [6.45, 7) is 3.49. The van der Waals surface area contributed by atoms with Crippen molar-refractivity contribution in [3.8, 4) is 22.8 Å². The van der Waals surface area contributed by atoms with Crippen molar-refractivity contribution in [1.82, 2.24) is 19.9 Å². The maximum Gasteiger partial charge on any atom is 0.223 e. The molecule has 6 rings (SSSR count). The summed E-state index contributed by atoms with van der Waals surface area (Å²) in [5.74, 6) is 0.556. The van der Waals surface area contributed by atoms with Gasteiger partial charge in [0.05, 0.1) is 41.6 Å². The molecule has 0 saturated carbocycles. The maximum atomic E-state index is 15.0. The van der Waals surface area contributed by atoms with Crippen LogP contribution in [0.5, 0.6) is 11.5 Å². The Morgan fingerprint density at radius 2 is 1.92 bits per heavy atom. The van der Waals surface area contributed by atoms with Crippen molar-refractivity contribution >= 4 is 35.2 Å². The van der Waals surface area contributed by atoms with Crippen LogP contribution >= 0.6 is 23.5 Å². The first-order valence-electron chi connectivity index (χ1n) is 12.1. The van der Waals surface area contributed by atoms with E-state index in [1.54, 1.807) is 48.9 Å². The van der Waals surface area contributed by atoms with E-state index in [0.717, 1.165) is 31.2 Å². The number of hydrogen-bond donors (Lipinski definition) is 2. The van der Waals surface area contributed by atoms with E-state index < -0.39 is 5.82 Å². The number of likely N-dealkylation sites (tertiary alicyclic amines) is 1. The summed E-state index contributed by atoms with van der Waals surface area (Å²) in [6, 6.07) is 16.4. The highest BCUT2D eigenvalue weighted by Crippen LogP contribution is 2.35. The normalized spacial score (nSPS) is 15.9. The molecule has 8 nitrogen and oxygen atoms in total. The number of rotatable bonds is 9. The van der Waals surface area contributed by atoms with E-state index in [2.05, 4.69) is 29.9 Å². The predicted molar refractivity (Wildman–Crippen MR) is 146 cm³/mol. The van der Waals surface area contributed by atoms with Crippen LogP contribution in [0.15, 0.2) is 78.1 Å². The Kier molecular flexibility index (Phi) is 7.28. The van der Waals surface area contributed by atoms with Gasteiger partial charge in [0, 0.05) is 48.3 Å². The van der Waals surface area contributed by atoms with Crippen LogP contribution in [0.3, 0.4) is 0 Å². The van der Waals surface area contributed by atoms with E-state index in [1.807, 2.05) is 18.2 Å². The van der Waals surface area contributed by atoms with Gasteiger partial charge < -0.3 is 19.5 Å². The molecule has 0 aliphatic carbocycles. The Morgan fingerprint density at radius 3 is 2.71 bits per heavy atom. The molecule has 4 heterocycles. The summed E-state index contributed by atoms with van der Waals surface area (Å²) >= 11 is 7.50. The minimum absolute atomic E-state index is 0.0904. The van der Waals surface area contributed by atoms with E-state index in [9.17, 15) is 4.39 Å². The first-order chi connectivity index (χ1) is 18.6. The maximum absolute atomic E-state index is 15.0. The van der Waals surface area contributed by atoms with Gasteiger partial charge in [-0.05, 0) is 48.3 Å². The summed E-state index contributed by atoms with van der Waals surface area (Å²) in [4.78, 5) is 16.5. The molecule has 11 heteroatoms. The SMILES string of the molecule is Fc1cc(NSc2ccccc2Cl)ccc1Oc1ccncc1-c1ccnc(NC2CN(C3COC3)C2)n1. The molecule has 38 heavy (non-hydrogen) atoms. The fourth-order valence-electron chi connectivity index (χ4n) is 4.17. The lowest BCUT2D eigenvalue weighted by atomic mass is 10.0. The molecule has 2 N–H and O–H groups in total. The molecule has 2 aliphatic heterocycles. The third-order valence-corrected chi connectivity index (χ3v) is 7.72. The van der Waals surface area contributed by atoms with Crippen molar-refractivity contribution in [2.45, 2.75) is 17.0 Å². The molecule has 2 aromatic heterocycles. The minimum Gasteiger partial charge on any atom is -0.453 e. The molecular weight excluding hydrogens is 527 g/mol. The van der Waals surface area contributed by atoms with Gasteiger partial charge in [0.2, 0.25) is 5.95 Å². The average molecular weight is 551 g/mol. The summed E-state index contributed by atoms with van der Waals surface area (Å²) < 4.78 is 29.3. The molecule has 0 bridgehead atoms. The molecule has 2 fully saturated rings. The number of halogens is 2. The zero-order valence-corrected chi connectivity index (χ0v) is 21.8. The second kappa shape index (κ2) is 11.1. The Labute approximate surface area is 228 Å². The van der Waals surface area contributed by atoms with Crippen molar-refractivity contribution in [2.75, 3.05) is 36.3 Å². The summed E-state index contributed by atoms with van der Waals surface area (Å²) in [5.41, 5.74) is 1.85. The molecule has 0 spiro atoms. The third kappa shape index (κ3) is 5.53. The molecule has 0 radical (unpaired) electrons. The molecule has 4 aromatic rings. The number of ether oxygens (including phenoxy) is 2. The third-order valence-electron chi connectivity index (χ3n) is 6.36. The number of benzene rings is 2. The van der Waals surface area contributed by atoms with Crippen molar-refractivity contribution < 1.29 is 13.9 Å². The van der Waals surface area contributed by atoms with Gasteiger partial charge in [-0.25, -0.2) is 14.4 Å². The Morgan fingerprint density at radius 1 is 1.05 bits per heavy atom. The highest BCUT2D eigenvalue weighted by molar-refractivity contribution is 8.00. The van der Waals surface area contributed by atoms with Gasteiger partial charge in [0.15, 0.2) is 11.6 Å². The van der Waals surface area contributed by atoms with Crippen LogP contribution in [0.4, 0.5) is 16.0 Å². The number of pyridine rings is 1. The predicted octanol–water partition coefficient (Wildman–Crippen LogP) is 5.74. The van der Waals surface area contributed by atoms with E-state index in [1.165, 1.54) is 18.0 Å². The van der Waals surface area contributed by atoms with Gasteiger partial charge in [-0.3, -0.25) is 9.88 Å². The second-order valence-corrected chi connectivity index (χ2v) is 10.3. The van der Waals surface area contributed by atoms with Crippen molar-refractivity contribution in [1.29, 1.82) is 0 Å². The van der Waals surface area contributed by atoms with E-state index in [-0.39, 0.29) is 11.8 Å². The number of nitrogens with one attached hydrogen (secondary N) is 2. The molecule has 2 aliphatic rings. The van der Waals surface area contributed by atoms with Gasteiger partial charge >= 0.3 is 0 Å². The smallest absolute Gasteiger partial charge is 0.223 e. The summed E-state index contributed by atoms with van der Waals surface area (Å²) in [7, 11) is 0. The monoisotopic (exact) mass is 550 g/mol. The molecule has 0 atom stereocenters. The Bertz CT molecular complexity index is 1440. The van der Waals surface area contributed by atoms with Crippen LogP contribution in [-0.4, -0.2) is 58.2 Å². The zero-order valence-electron chi connectivity index (χ0n) is 20.2. The molecule has 0 unspecified atom stereocenters. The van der Waals surface area contributed by atoms with Crippen LogP contribution in [0.2, 0.25) is 5.02 Å². The second-order valence-electron chi connectivity index (χ2n) is 9.01. The molecule has 2 aromatic carbocycles. The lowest BCUT2D eigenvalue weighted by molar-refractivity contribution is -0.0875. The highest BCUT2D eigenvalue weighted by Gasteiger charge is 2.36. The Hall–Kier alpha value is -3.44. The van der Waals surface area contributed by atoms with E-state index >= 15 is 0 Å². The lowest BCUT2D eigenvalue weighted by Gasteiger charge is -2.47. The standard InChI is InChI=1S/C27H24ClFN6O2S/c28-21-3-1-2-4-26(21)38-34-17-5-6-25(22(29)11-17)37-24-8-9-30-12-20(24)23-7-10-31-27(33-23)32-18-13-35(14-18)19-15-36-16-19/h1-12,18-19,34H,13-16H2,(H,31,32,33). The van der Waals surface area contributed by atoms with Crippen LogP contribution in [0.25, 0.3) is 11.3 Å². The zero-order chi connectivity index (χ0) is 25.9. The molecule has 2 saturated heterocycles. The van der Waals surface area contributed by atoms with Crippen LogP contribution in [-0.2, 0) is 4.74 Å². The minimum atomic E-state index is -0.506. The number of nitrogens with zero attached hydrogens (tertiary/aromatic N) is 4. The quantitative estimate of drug-likeness (QED) is 0.253. The van der Waals surface area contributed by atoms with Gasteiger partial charge in [-0.1, -0.05) is 23.7 Å². The van der Waals surface area contributed by atoms with Crippen LogP contribution in [0.1, 0.15) is 0 Å².